The van der Waals surface area contributed by atoms with E-state index in [2.05, 4.69) is 25.6 Å². The summed E-state index contributed by atoms with van der Waals surface area (Å²) in [6.07, 6.45) is 0.830. The van der Waals surface area contributed by atoms with Gasteiger partial charge in [0.2, 0.25) is 0 Å². The summed E-state index contributed by atoms with van der Waals surface area (Å²) in [5, 5.41) is 4.37. The minimum atomic E-state index is -4.74. The lowest BCUT2D eigenvalue weighted by Gasteiger charge is -2.13. The largest absolute Gasteiger partial charge is 0.450 e. The molecular formula is C22H16F5N5O2. The van der Waals surface area contributed by atoms with Crippen molar-refractivity contribution in [1.29, 1.82) is 0 Å². The van der Waals surface area contributed by atoms with Crippen molar-refractivity contribution in [3.8, 4) is 11.5 Å². The van der Waals surface area contributed by atoms with Crippen LogP contribution < -0.4 is 15.4 Å². The Morgan fingerprint density at radius 2 is 1.76 bits per heavy atom. The number of anilines is 1. The molecule has 0 saturated heterocycles. The smallest absolute Gasteiger partial charge is 0.418 e. The van der Waals surface area contributed by atoms with Crippen molar-refractivity contribution in [3.63, 3.8) is 0 Å². The first kappa shape index (κ1) is 23.0. The van der Waals surface area contributed by atoms with E-state index in [0.29, 0.717) is 12.6 Å². The van der Waals surface area contributed by atoms with Crippen LogP contribution in [0.25, 0.3) is 11.0 Å². The Kier molecular flexibility index (Phi) is 6.30. The lowest BCUT2D eigenvalue weighted by atomic mass is 10.2. The third-order valence-electron chi connectivity index (χ3n) is 4.76. The lowest BCUT2D eigenvalue weighted by Crippen LogP contribution is -2.30. The summed E-state index contributed by atoms with van der Waals surface area (Å²) in [6.45, 7) is 0.262. The SMILES string of the molecule is O=C(NCCc1ccncc1)Nc1cc(F)c(Oc2ccnc3[nH]cc(C(F)(F)F)c23)c(F)c1. The molecular weight excluding hydrogens is 461 g/mol. The van der Waals surface area contributed by atoms with Gasteiger partial charge in [0.15, 0.2) is 17.4 Å². The number of nitrogens with one attached hydrogen (secondary N) is 3. The topological polar surface area (TPSA) is 91.9 Å². The molecule has 0 aliphatic heterocycles. The van der Waals surface area contributed by atoms with Gasteiger partial charge < -0.3 is 20.4 Å². The van der Waals surface area contributed by atoms with Crippen LogP contribution in [0, 0.1) is 11.6 Å². The molecule has 34 heavy (non-hydrogen) atoms. The van der Waals surface area contributed by atoms with Gasteiger partial charge in [-0.3, -0.25) is 4.98 Å². The molecule has 0 radical (unpaired) electrons. The van der Waals surface area contributed by atoms with Gasteiger partial charge in [0, 0.05) is 49.2 Å². The van der Waals surface area contributed by atoms with Gasteiger partial charge in [0.05, 0.1) is 10.9 Å². The molecule has 0 unspecified atom stereocenters. The van der Waals surface area contributed by atoms with Crippen molar-refractivity contribution < 1.29 is 31.5 Å². The number of hydrogen-bond donors (Lipinski definition) is 3. The Morgan fingerprint density at radius 3 is 2.44 bits per heavy atom. The lowest BCUT2D eigenvalue weighted by molar-refractivity contribution is -0.136. The molecule has 4 rings (SSSR count). The number of amides is 2. The van der Waals surface area contributed by atoms with E-state index >= 15 is 0 Å². The Hall–Kier alpha value is -4.22. The number of halogens is 5. The minimum absolute atomic E-state index is 0.160. The molecule has 3 aromatic heterocycles. The zero-order chi connectivity index (χ0) is 24.3. The summed E-state index contributed by atoms with van der Waals surface area (Å²) in [4.78, 5) is 22.0. The molecule has 0 saturated carbocycles. The maximum absolute atomic E-state index is 14.6. The number of carbonyl (C=O) groups excluding carboxylic acids is 1. The molecule has 0 spiro atoms. The number of hydrogen-bond acceptors (Lipinski definition) is 4. The zero-order valence-electron chi connectivity index (χ0n) is 17.2. The molecule has 1 aromatic carbocycles. The molecule has 0 aliphatic carbocycles. The molecule has 12 heteroatoms. The van der Waals surface area contributed by atoms with Crippen LogP contribution in [0.4, 0.5) is 32.4 Å². The Bertz CT molecular complexity index is 1300. The highest BCUT2D eigenvalue weighted by atomic mass is 19.4. The molecule has 0 atom stereocenters. The zero-order valence-corrected chi connectivity index (χ0v) is 17.2. The average Bonchev–Trinajstić information content (AvgIpc) is 3.23. The second kappa shape index (κ2) is 9.33. The number of urea groups is 1. The number of aromatic amines is 1. The van der Waals surface area contributed by atoms with Gasteiger partial charge >= 0.3 is 12.2 Å². The molecule has 2 amide bonds. The number of benzene rings is 1. The van der Waals surface area contributed by atoms with Crippen LogP contribution in [-0.4, -0.2) is 27.5 Å². The van der Waals surface area contributed by atoms with Crippen LogP contribution in [0.15, 0.2) is 55.1 Å². The van der Waals surface area contributed by atoms with E-state index in [4.69, 9.17) is 4.74 Å². The summed E-state index contributed by atoms with van der Waals surface area (Å²) < 4.78 is 74.2. The number of nitrogens with zero attached hydrogens (tertiary/aromatic N) is 2. The van der Waals surface area contributed by atoms with E-state index in [0.717, 1.165) is 30.0 Å². The van der Waals surface area contributed by atoms with Gasteiger partial charge in [-0.15, -0.1) is 0 Å². The highest BCUT2D eigenvalue weighted by molar-refractivity contribution is 5.89. The monoisotopic (exact) mass is 477 g/mol. The van der Waals surface area contributed by atoms with Crippen molar-refractivity contribution in [2.45, 2.75) is 12.6 Å². The van der Waals surface area contributed by atoms with E-state index in [1.807, 2.05) is 0 Å². The third kappa shape index (κ3) is 5.05. The van der Waals surface area contributed by atoms with Crippen molar-refractivity contribution in [3.05, 3.63) is 77.9 Å². The standard InChI is InChI=1S/C22H16F5N5O2/c23-15-9-13(32-21(33)30-7-3-12-1-5-28-6-2-12)10-16(24)19(15)34-17-4-8-29-20-18(17)14(11-31-20)22(25,26)27/h1-2,4-6,8-11H,3,7H2,(H,29,31)(H2,30,32,33). The average molecular weight is 477 g/mol. The van der Waals surface area contributed by atoms with E-state index in [1.54, 1.807) is 24.5 Å². The van der Waals surface area contributed by atoms with Gasteiger partial charge in [0.1, 0.15) is 11.4 Å². The molecule has 0 bridgehead atoms. The molecule has 4 aromatic rings. The first-order valence-electron chi connectivity index (χ1n) is 9.86. The second-order valence-electron chi connectivity index (χ2n) is 7.09. The normalized spacial score (nSPS) is 11.4. The Morgan fingerprint density at radius 1 is 1.06 bits per heavy atom. The van der Waals surface area contributed by atoms with Crippen molar-refractivity contribution in [2.24, 2.45) is 0 Å². The molecule has 3 N–H and O–H groups in total. The van der Waals surface area contributed by atoms with Gasteiger partial charge in [-0.1, -0.05) is 0 Å². The summed E-state index contributed by atoms with van der Waals surface area (Å²) in [5.74, 6) is -3.81. The van der Waals surface area contributed by atoms with E-state index in [-0.39, 0.29) is 17.9 Å². The Labute approximate surface area is 189 Å². The Balaban J connectivity index is 1.48. The molecule has 3 heterocycles. The number of pyridine rings is 2. The first-order chi connectivity index (χ1) is 16.2. The fourth-order valence-electron chi connectivity index (χ4n) is 3.22. The molecule has 0 aliphatic rings. The van der Waals surface area contributed by atoms with Crippen LogP contribution in [0.1, 0.15) is 11.1 Å². The van der Waals surface area contributed by atoms with Crippen LogP contribution in [0.3, 0.4) is 0 Å². The minimum Gasteiger partial charge on any atom is -0.450 e. The van der Waals surface area contributed by atoms with Gasteiger partial charge in [-0.25, -0.2) is 18.6 Å². The van der Waals surface area contributed by atoms with Gasteiger partial charge in [-0.2, -0.15) is 13.2 Å². The highest BCUT2D eigenvalue weighted by Crippen LogP contribution is 2.40. The molecule has 7 nitrogen and oxygen atoms in total. The highest BCUT2D eigenvalue weighted by Gasteiger charge is 2.35. The van der Waals surface area contributed by atoms with Crippen LogP contribution in [-0.2, 0) is 12.6 Å². The van der Waals surface area contributed by atoms with Crippen LogP contribution >= 0.6 is 0 Å². The maximum Gasteiger partial charge on any atom is 0.418 e. The number of ether oxygens (including phenoxy) is 1. The fourth-order valence-corrected chi connectivity index (χ4v) is 3.22. The van der Waals surface area contributed by atoms with Crippen molar-refractivity contribution >= 4 is 22.8 Å². The van der Waals surface area contributed by atoms with Crippen LogP contribution in [0.5, 0.6) is 11.5 Å². The number of alkyl halides is 3. The predicted octanol–water partition coefficient (Wildman–Crippen LogP) is 5.41. The number of rotatable bonds is 6. The van der Waals surface area contributed by atoms with Gasteiger partial charge in [-0.05, 0) is 30.2 Å². The number of fused-ring (bicyclic) bond motifs is 1. The summed E-state index contributed by atoms with van der Waals surface area (Å²) in [5.41, 5.74) is -0.517. The quantitative estimate of drug-likeness (QED) is 0.324. The summed E-state index contributed by atoms with van der Waals surface area (Å²) >= 11 is 0. The molecule has 0 fully saturated rings. The maximum atomic E-state index is 14.6. The fraction of sp³-hybridized carbons (Fsp3) is 0.136. The third-order valence-corrected chi connectivity index (χ3v) is 4.76. The van der Waals surface area contributed by atoms with E-state index in [9.17, 15) is 26.7 Å². The van der Waals surface area contributed by atoms with Crippen LogP contribution in [0.2, 0.25) is 0 Å². The van der Waals surface area contributed by atoms with Gasteiger partial charge in [0.25, 0.3) is 0 Å². The van der Waals surface area contributed by atoms with E-state index < -0.39 is 46.3 Å². The molecule has 176 valence electrons. The summed E-state index contributed by atoms with van der Waals surface area (Å²) in [6, 6.07) is 5.52. The first-order valence-corrected chi connectivity index (χ1v) is 9.86. The predicted molar refractivity (Wildman–Crippen MR) is 112 cm³/mol. The second-order valence-corrected chi connectivity index (χ2v) is 7.09. The number of H-pyrrole nitrogens is 1. The van der Waals surface area contributed by atoms with Crippen molar-refractivity contribution in [1.82, 2.24) is 20.3 Å². The number of aromatic nitrogens is 3. The van der Waals surface area contributed by atoms with Crippen molar-refractivity contribution in [2.75, 3.05) is 11.9 Å². The summed E-state index contributed by atoms with van der Waals surface area (Å²) in [7, 11) is 0. The van der Waals surface area contributed by atoms with E-state index in [1.165, 1.54) is 0 Å². The number of carbonyl (C=O) groups is 1.